The largest absolute Gasteiger partial charge is 0.493 e. The minimum absolute atomic E-state index is 0.0139. The van der Waals surface area contributed by atoms with Gasteiger partial charge in [-0.25, -0.2) is 23.1 Å². The molecule has 2 heterocycles. The third kappa shape index (κ3) is 5.85. The summed E-state index contributed by atoms with van der Waals surface area (Å²) in [5.41, 5.74) is 1.84. The summed E-state index contributed by atoms with van der Waals surface area (Å²) in [5, 5.41) is 14.2. The van der Waals surface area contributed by atoms with E-state index in [2.05, 4.69) is 25.6 Å². The number of aromatic amines is 1. The zero-order valence-corrected chi connectivity index (χ0v) is 21.3. The van der Waals surface area contributed by atoms with E-state index < -0.39 is 43.1 Å². The van der Waals surface area contributed by atoms with Gasteiger partial charge in [-0.05, 0) is 56.7 Å². The first kappa shape index (κ1) is 26.9. The van der Waals surface area contributed by atoms with Gasteiger partial charge < -0.3 is 25.5 Å². The first-order chi connectivity index (χ1) is 18.7. The Balaban J connectivity index is 1.42. The monoisotopic (exact) mass is 545 g/mol. The van der Waals surface area contributed by atoms with Gasteiger partial charge >= 0.3 is 0 Å². The quantitative estimate of drug-likeness (QED) is 0.324. The molecule has 39 heavy (non-hydrogen) atoms. The van der Waals surface area contributed by atoms with Crippen LogP contribution >= 0.6 is 0 Å². The fourth-order valence-electron chi connectivity index (χ4n) is 5.01. The third-order valence-corrected chi connectivity index (χ3v) is 7.28. The van der Waals surface area contributed by atoms with Crippen LogP contribution < -0.4 is 15.4 Å². The molecule has 0 unspecified atom stereocenters. The van der Waals surface area contributed by atoms with Gasteiger partial charge in [-0.3, -0.25) is 9.59 Å². The molecule has 2 amide bonds. The van der Waals surface area contributed by atoms with Gasteiger partial charge in [0.05, 0.1) is 23.7 Å². The highest BCUT2D eigenvalue weighted by Crippen LogP contribution is 2.38. The van der Waals surface area contributed by atoms with Crippen molar-refractivity contribution >= 4 is 22.8 Å². The van der Waals surface area contributed by atoms with Crippen LogP contribution in [-0.2, 0) is 4.79 Å². The standard InChI is InChI=1S/C27H30F3N5O4/c1-13-22(27(38)35-19-6-5-16(9-18(19)28)34-21(37)10-36)24-25(33-13)23(31-12-32-24)17-8-15(26(29)30)4-7-20(17)39-11-14-2-3-14/h4,7-8,12,14,16,18-19,26,33,36H,2-3,5-6,9-11H2,1H3,(H,34,37)(H,35,38)/t16-,18+,19+/m0/s1. The number of benzene rings is 1. The number of carbonyl (C=O) groups excluding carboxylic acids is 2. The van der Waals surface area contributed by atoms with Crippen molar-refractivity contribution < 1.29 is 32.6 Å². The van der Waals surface area contributed by atoms with Crippen molar-refractivity contribution in [3.63, 3.8) is 0 Å². The summed E-state index contributed by atoms with van der Waals surface area (Å²) in [7, 11) is 0. The number of fused-ring (bicyclic) bond motifs is 1. The Kier molecular flexibility index (Phi) is 7.74. The van der Waals surface area contributed by atoms with Gasteiger partial charge in [-0.1, -0.05) is 0 Å². The highest BCUT2D eigenvalue weighted by Gasteiger charge is 2.33. The molecule has 2 fully saturated rings. The molecular weight excluding hydrogens is 515 g/mol. The van der Waals surface area contributed by atoms with Crippen molar-refractivity contribution in [1.82, 2.24) is 25.6 Å². The lowest BCUT2D eigenvalue weighted by atomic mass is 9.89. The molecule has 0 radical (unpaired) electrons. The van der Waals surface area contributed by atoms with Crippen LogP contribution in [0.1, 0.15) is 60.1 Å². The van der Waals surface area contributed by atoms with Crippen LogP contribution in [-0.4, -0.2) is 63.3 Å². The molecule has 3 atom stereocenters. The molecule has 0 aliphatic heterocycles. The van der Waals surface area contributed by atoms with Crippen LogP contribution in [0, 0.1) is 12.8 Å². The summed E-state index contributed by atoms with van der Waals surface area (Å²) in [6, 6.07) is 2.99. The SMILES string of the molecule is Cc1[nH]c2c(-c3cc(C(F)F)ccc3OCC3CC3)ncnc2c1C(=O)N[C@@H]1CC[C@H](NC(=O)CO)C[C@H]1F. The zero-order chi connectivity index (χ0) is 27.7. The Morgan fingerprint density at radius 1 is 1.18 bits per heavy atom. The molecule has 0 saturated heterocycles. The Bertz CT molecular complexity index is 1380. The van der Waals surface area contributed by atoms with E-state index in [9.17, 15) is 22.8 Å². The number of aliphatic hydroxyl groups excluding tert-OH is 1. The first-order valence-electron chi connectivity index (χ1n) is 13.0. The molecule has 4 N–H and O–H groups in total. The maximum atomic E-state index is 14.9. The van der Waals surface area contributed by atoms with Crippen LogP contribution in [0.5, 0.6) is 5.75 Å². The number of aromatic nitrogens is 3. The second-order valence-corrected chi connectivity index (χ2v) is 10.2. The highest BCUT2D eigenvalue weighted by atomic mass is 19.3. The molecule has 9 nitrogen and oxygen atoms in total. The number of aliphatic hydroxyl groups is 1. The molecular formula is C27H30F3N5O4. The summed E-state index contributed by atoms with van der Waals surface area (Å²) in [6.45, 7) is 1.48. The summed E-state index contributed by atoms with van der Waals surface area (Å²) in [4.78, 5) is 36.5. The molecule has 2 aliphatic rings. The minimum Gasteiger partial charge on any atom is -0.493 e. The van der Waals surface area contributed by atoms with Gasteiger partial charge in [-0.15, -0.1) is 0 Å². The Labute approximate surface area is 222 Å². The number of hydrogen-bond acceptors (Lipinski definition) is 6. The number of nitrogens with zero attached hydrogens (tertiary/aromatic N) is 2. The van der Waals surface area contributed by atoms with E-state index >= 15 is 0 Å². The molecule has 2 saturated carbocycles. The Hall–Kier alpha value is -3.67. The number of rotatable bonds is 9. The van der Waals surface area contributed by atoms with E-state index in [1.54, 1.807) is 6.92 Å². The van der Waals surface area contributed by atoms with E-state index in [1.165, 1.54) is 24.5 Å². The topological polar surface area (TPSA) is 129 Å². The van der Waals surface area contributed by atoms with Crippen LogP contribution in [0.3, 0.4) is 0 Å². The number of ether oxygens (including phenoxy) is 1. The predicted molar refractivity (Wildman–Crippen MR) is 136 cm³/mol. The van der Waals surface area contributed by atoms with Gasteiger partial charge in [0.15, 0.2) is 0 Å². The lowest BCUT2D eigenvalue weighted by Crippen LogP contribution is -2.50. The summed E-state index contributed by atoms with van der Waals surface area (Å²) >= 11 is 0. The maximum Gasteiger partial charge on any atom is 0.263 e. The van der Waals surface area contributed by atoms with Gasteiger partial charge in [0.1, 0.15) is 36.1 Å². The number of H-pyrrole nitrogens is 1. The Morgan fingerprint density at radius 2 is 1.97 bits per heavy atom. The molecule has 1 aromatic carbocycles. The van der Waals surface area contributed by atoms with Crippen molar-refractivity contribution in [2.24, 2.45) is 5.92 Å². The third-order valence-electron chi connectivity index (χ3n) is 7.28. The number of halogens is 3. The molecule has 0 bridgehead atoms. The van der Waals surface area contributed by atoms with E-state index in [4.69, 9.17) is 9.84 Å². The van der Waals surface area contributed by atoms with Crippen LogP contribution in [0.4, 0.5) is 13.2 Å². The second kappa shape index (κ2) is 11.2. The molecule has 2 aromatic heterocycles. The minimum atomic E-state index is -2.69. The van der Waals surface area contributed by atoms with Gasteiger partial charge in [0.25, 0.3) is 12.3 Å². The number of hydrogen-bond donors (Lipinski definition) is 4. The molecule has 3 aromatic rings. The normalized spacial score (nSPS) is 21.2. The fraction of sp³-hybridized carbons (Fsp3) is 0.481. The predicted octanol–water partition coefficient (Wildman–Crippen LogP) is 3.76. The zero-order valence-electron chi connectivity index (χ0n) is 21.3. The smallest absolute Gasteiger partial charge is 0.263 e. The highest BCUT2D eigenvalue weighted by molar-refractivity contribution is 6.09. The van der Waals surface area contributed by atoms with Gasteiger partial charge in [0, 0.05) is 29.3 Å². The number of amides is 2. The number of aryl methyl sites for hydroxylation is 1. The number of alkyl halides is 3. The molecule has 5 rings (SSSR count). The van der Waals surface area contributed by atoms with E-state index in [0.29, 0.717) is 53.6 Å². The van der Waals surface area contributed by atoms with Crippen LogP contribution in [0.25, 0.3) is 22.3 Å². The van der Waals surface area contributed by atoms with Crippen molar-refractivity contribution in [1.29, 1.82) is 0 Å². The maximum absolute atomic E-state index is 14.9. The van der Waals surface area contributed by atoms with Gasteiger partial charge in [-0.2, -0.15) is 0 Å². The Morgan fingerprint density at radius 3 is 2.67 bits per heavy atom. The van der Waals surface area contributed by atoms with E-state index in [0.717, 1.165) is 12.8 Å². The van der Waals surface area contributed by atoms with Crippen LogP contribution in [0.2, 0.25) is 0 Å². The van der Waals surface area contributed by atoms with Crippen molar-refractivity contribution in [2.75, 3.05) is 13.2 Å². The van der Waals surface area contributed by atoms with E-state index in [-0.39, 0.29) is 23.1 Å². The average Bonchev–Trinajstić information content (AvgIpc) is 3.68. The summed E-state index contributed by atoms with van der Waals surface area (Å²) < 4.78 is 48.0. The molecule has 12 heteroatoms. The summed E-state index contributed by atoms with van der Waals surface area (Å²) in [5.74, 6) is -0.239. The van der Waals surface area contributed by atoms with E-state index in [1.807, 2.05) is 0 Å². The van der Waals surface area contributed by atoms with Crippen molar-refractivity contribution in [3.05, 3.63) is 41.3 Å². The molecule has 208 valence electrons. The van der Waals surface area contributed by atoms with Crippen molar-refractivity contribution in [3.8, 4) is 17.0 Å². The second-order valence-electron chi connectivity index (χ2n) is 10.2. The van der Waals surface area contributed by atoms with Gasteiger partial charge in [0.2, 0.25) is 5.91 Å². The summed E-state index contributed by atoms with van der Waals surface area (Å²) in [6.07, 6.45) is 0.0586. The lowest BCUT2D eigenvalue weighted by molar-refractivity contribution is -0.124. The number of nitrogens with one attached hydrogen (secondary N) is 3. The van der Waals surface area contributed by atoms with Crippen LogP contribution in [0.15, 0.2) is 24.5 Å². The fourth-order valence-corrected chi connectivity index (χ4v) is 5.01. The molecule has 2 aliphatic carbocycles. The first-order valence-corrected chi connectivity index (χ1v) is 13.0. The van der Waals surface area contributed by atoms with Crippen molar-refractivity contribution in [2.45, 2.75) is 63.7 Å². The lowest BCUT2D eigenvalue weighted by Gasteiger charge is -2.32. The number of carbonyl (C=O) groups is 2. The molecule has 0 spiro atoms. The average molecular weight is 546 g/mol.